The third kappa shape index (κ3) is 5.07. The molecule has 0 aromatic heterocycles. The van der Waals surface area contributed by atoms with Gasteiger partial charge in [0.05, 0.1) is 18.6 Å². The van der Waals surface area contributed by atoms with Crippen molar-refractivity contribution in [3.8, 4) is 5.75 Å². The molecule has 3 rings (SSSR count). The second-order valence-corrected chi connectivity index (χ2v) is 9.12. The van der Waals surface area contributed by atoms with Gasteiger partial charge in [0, 0.05) is 18.8 Å². The van der Waals surface area contributed by atoms with Crippen LogP contribution in [0.3, 0.4) is 0 Å². The van der Waals surface area contributed by atoms with Gasteiger partial charge in [-0.1, -0.05) is 24.1 Å². The summed E-state index contributed by atoms with van der Waals surface area (Å²) in [7, 11) is -2.37. The largest absolute Gasteiger partial charge is 0.494 e. The molecule has 1 heterocycles. The standard InChI is InChI=1S/C20H22ClFN2O4S/c1-28-18-8-5-14(11-17(18)22)12-20(25)23-15-6-7-16(21)19(13-15)29(26,27)24-9-3-2-4-10-24/h5-8,11,13H,2-4,9-10,12H2,1H3,(H,23,25). The molecule has 0 spiro atoms. The molecule has 1 fully saturated rings. The van der Waals surface area contributed by atoms with E-state index in [1.807, 2.05) is 0 Å². The number of ether oxygens (including phenoxy) is 1. The van der Waals surface area contributed by atoms with Crippen LogP contribution in [-0.4, -0.2) is 38.8 Å². The number of amides is 1. The molecule has 6 nitrogen and oxygen atoms in total. The van der Waals surface area contributed by atoms with Gasteiger partial charge in [-0.3, -0.25) is 4.79 Å². The Morgan fingerprint density at radius 2 is 1.90 bits per heavy atom. The topological polar surface area (TPSA) is 75.7 Å². The highest BCUT2D eigenvalue weighted by Gasteiger charge is 2.28. The van der Waals surface area contributed by atoms with E-state index in [0.29, 0.717) is 24.3 Å². The molecule has 156 valence electrons. The van der Waals surface area contributed by atoms with E-state index in [-0.39, 0.29) is 22.1 Å². The van der Waals surface area contributed by atoms with Crippen LogP contribution in [0.15, 0.2) is 41.3 Å². The Balaban J connectivity index is 1.75. The predicted octanol–water partition coefficient (Wildman–Crippen LogP) is 3.84. The first kappa shape index (κ1) is 21.5. The van der Waals surface area contributed by atoms with E-state index in [2.05, 4.69) is 5.32 Å². The number of nitrogens with zero attached hydrogens (tertiary/aromatic N) is 1. The lowest BCUT2D eigenvalue weighted by Crippen LogP contribution is -2.35. The van der Waals surface area contributed by atoms with Crippen LogP contribution in [0, 0.1) is 5.82 Å². The molecule has 0 unspecified atom stereocenters. The minimum absolute atomic E-state index is 0.0330. The number of piperidine rings is 1. The minimum atomic E-state index is -3.74. The van der Waals surface area contributed by atoms with Crippen LogP contribution in [0.5, 0.6) is 5.75 Å². The molecule has 1 aliphatic rings. The molecule has 2 aromatic rings. The smallest absolute Gasteiger partial charge is 0.244 e. The normalized spacial score (nSPS) is 15.1. The van der Waals surface area contributed by atoms with Crippen molar-refractivity contribution in [1.29, 1.82) is 0 Å². The summed E-state index contributed by atoms with van der Waals surface area (Å²) in [6.45, 7) is 0.913. The molecule has 1 aliphatic heterocycles. The van der Waals surface area contributed by atoms with Crippen LogP contribution in [0.4, 0.5) is 10.1 Å². The third-order valence-electron chi connectivity index (χ3n) is 4.73. The number of carbonyl (C=O) groups excluding carboxylic acids is 1. The van der Waals surface area contributed by atoms with E-state index in [1.54, 1.807) is 6.07 Å². The van der Waals surface area contributed by atoms with Crippen molar-refractivity contribution < 1.29 is 22.3 Å². The number of nitrogens with one attached hydrogen (secondary N) is 1. The van der Waals surface area contributed by atoms with E-state index >= 15 is 0 Å². The fourth-order valence-electron chi connectivity index (χ4n) is 3.23. The van der Waals surface area contributed by atoms with Crippen LogP contribution in [0.1, 0.15) is 24.8 Å². The van der Waals surface area contributed by atoms with Crippen molar-refractivity contribution in [2.24, 2.45) is 0 Å². The number of rotatable bonds is 6. The van der Waals surface area contributed by atoms with Gasteiger partial charge in [0.1, 0.15) is 4.90 Å². The Morgan fingerprint density at radius 1 is 1.17 bits per heavy atom. The van der Waals surface area contributed by atoms with Gasteiger partial charge in [0.25, 0.3) is 0 Å². The molecule has 0 radical (unpaired) electrons. The predicted molar refractivity (Wildman–Crippen MR) is 109 cm³/mol. The Hall–Kier alpha value is -2.16. The Morgan fingerprint density at radius 3 is 2.55 bits per heavy atom. The average molecular weight is 441 g/mol. The number of hydrogen-bond donors (Lipinski definition) is 1. The van der Waals surface area contributed by atoms with Gasteiger partial charge in [-0.15, -0.1) is 0 Å². The summed E-state index contributed by atoms with van der Waals surface area (Å²) in [5.41, 5.74) is 0.778. The van der Waals surface area contributed by atoms with Gasteiger partial charge in [0.15, 0.2) is 11.6 Å². The molecule has 9 heteroatoms. The molecular formula is C20H22ClFN2O4S. The van der Waals surface area contributed by atoms with Gasteiger partial charge < -0.3 is 10.1 Å². The van der Waals surface area contributed by atoms with Crippen molar-refractivity contribution >= 4 is 33.2 Å². The van der Waals surface area contributed by atoms with Crippen molar-refractivity contribution in [3.63, 3.8) is 0 Å². The molecule has 0 aliphatic carbocycles. The van der Waals surface area contributed by atoms with E-state index in [1.165, 1.54) is 41.7 Å². The van der Waals surface area contributed by atoms with Crippen molar-refractivity contribution in [2.75, 3.05) is 25.5 Å². The monoisotopic (exact) mass is 440 g/mol. The fraction of sp³-hybridized carbons (Fsp3) is 0.350. The highest BCUT2D eigenvalue weighted by molar-refractivity contribution is 7.89. The number of hydrogen-bond acceptors (Lipinski definition) is 4. The molecular weight excluding hydrogens is 419 g/mol. The van der Waals surface area contributed by atoms with E-state index in [9.17, 15) is 17.6 Å². The summed E-state index contributed by atoms with van der Waals surface area (Å²) in [5.74, 6) is -0.864. The zero-order valence-electron chi connectivity index (χ0n) is 16.0. The fourth-order valence-corrected chi connectivity index (χ4v) is 5.25. The van der Waals surface area contributed by atoms with Gasteiger partial charge >= 0.3 is 0 Å². The Kier molecular flexibility index (Phi) is 6.77. The average Bonchev–Trinajstić information content (AvgIpc) is 2.70. The van der Waals surface area contributed by atoms with Crippen LogP contribution < -0.4 is 10.1 Å². The second-order valence-electron chi connectivity index (χ2n) is 6.80. The highest BCUT2D eigenvalue weighted by Crippen LogP contribution is 2.29. The van der Waals surface area contributed by atoms with Gasteiger partial charge in [-0.25, -0.2) is 12.8 Å². The lowest BCUT2D eigenvalue weighted by molar-refractivity contribution is -0.115. The SMILES string of the molecule is COc1ccc(CC(=O)Nc2ccc(Cl)c(S(=O)(=O)N3CCCCC3)c2)cc1F. The number of sulfonamides is 1. The van der Waals surface area contributed by atoms with E-state index in [4.69, 9.17) is 16.3 Å². The summed E-state index contributed by atoms with van der Waals surface area (Å²) in [6.07, 6.45) is 2.55. The maximum atomic E-state index is 13.8. The quantitative estimate of drug-likeness (QED) is 0.740. The van der Waals surface area contributed by atoms with Gasteiger partial charge in [-0.05, 0) is 48.7 Å². The molecule has 29 heavy (non-hydrogen) atoms. The molecule has 0 atom stereocenters. The van der Waals surface area contributed by atoms with Gasteiger partial charge in [-0.2, -0.15) is 4.31 Å². The maximum Gasteiger partial charge on any atom is 0.244 e. The molecule has 2 aromatic carbocycles. The van der Waals surface area contributed by atoms with Crippen LogP contribution in [0.25, 0.3) is 0 Å². The first-order valence-electron chi connectivity index (χ1n) is 9.23. The minimum Gasteiger partial charge on any atom is -0.494 e. The number of methoxy groups -OCH3 is 1. The number of carbonyl (C=O) groups is 1. The summed E-state index contributed by atoms with van der Waals surface area (Å²) in [4.78, 5) is 12.3. The summed E-state index contributed by atoms with van der Waals surface area (Å²) in [6, 6.07) is 8.61. The van der Waals surface area contributed by atoms with Crippen molar-refractivity contribution in [2.45, 2.75) is 30.6 Å². The summed E-state index contributed by atoms with van der Waals surface area (Å²) in [5, 5.41) is 2.75. The molecule has 1 N–H and O–H groups in total. The zero-order chi connectivity index (χ0) is 21.0. The Bertz CT molecular complexity index is 1010. The third-order valence-corrected chi connectivity index (χ3v) is 7.11. The van der Waals surface area contributed by atoms with E-state index < -0.39 is 21.7 Å². The van der Waals surface area contributed by atoms with Crippen LogP contribution in [0.2, 0.25) is 5.02 Å². The lowest BCUT2D eigenvalue weighted by atomic mass is 10.1. The van der Waals surface area contributed by atoms with Gasteiger partial charge in [0.2, 0.25) is 15.9 Å². The first-order valence-corrected chi connectivity index (χ1v) is 11.0. The van der Waals surface area contributed by atoms with Crippen molar-refractivity contribution in [3.05, 3.63) is 52.8 Å². The molecule has 1 saturated heterocycles. The van der Waals surface area contributed by atoms with Crippen LogP contribution in [-0.2, 0) is 21.2 Å². The first-order chi connectivity index (χ1) is 13.8. The van der Waals surface area contributed by atoms with E-state index in [0.717, 1.165) is 19.3 Å². The zero-order valence-corrected chi connectivity index (χ0v) is 17.5. The summed E-state index contributed by atoms with van der Waals surface area (Å²) >= 11 is 6.14. The van der Waals surface area contributed by atoms with Crippen molar-refractivity contribution in [1.82, 2.24) is 4.31 Å². The molecule has 0 bridgehead atoms. The Labute approximate surface area is 174 Å². The summed E-state index contributed by atoms with van der Waals surface area (Å²) < 4.78 is 45.9. The molecule has 1 amide bonds. The van der Waals surface area contributed by atoms with Crippen LogP contribution >= 0.6 is 11.6 Å². The molecule has 0 saturated carbocycles. The number of anilines is 1. The highest BCUT2D eigenvalue weighted by atomic mass is 35.5. The lowest BCUT2D eigenvalue weighted by Gasteiger charge is -2.26. The maximum absolute atomic E-state index is 13.8. The number of halogens is 2. The number of benzene rings is 2. The second kappa shape index (κ2) is 9.11.